The highest BCUT2D eigenvalue weighted by Gasteiger charge is 2.30. The molecule has 17 heavy (non-hydrogen) atoms. The summed E-state index contributed by atoms with van der Waals surface area (Å²) in [6.45, 7) is 9.48. The summed E-state index contributed by atoms with van der Waals surface area (Å²) in [4.78, 5) is 13.7. The summed E-state index contributed by atoms with van der Waals surface area (Å²) in [5.41, 5.74) is 0. The van der Waals surface area contributed by atoms with Gasteiger partial charge in [0.2, 0.25) is 0 Å². The Bertz CT molecular complexity index is 253. The zero-order valence-electron chi connectivity index (χ0n) is 11.2. The predicted octanol–water partition coefficient (Wildman–Crippen LogP) is 1.39. The van der Waals surface area contributed by atoms with Gasteiger partial charge in [-0.15, -0.1) is 0 Å². The number of nitrogens with zero attached hydrogens (tertiary/aromatic N) is 1. The largest absolute Gasteiger partial charge is 0.468 e. The van der Waals surface area contributed by atoms with Crippen LogP contribution in [0, 0.1) is 0 Å². The first kappa shape index (κ1) is 14.8. The van der Waals surface area contributed by atoms with Gasteiger partial charge in [-0.05, 0) is 0 Å². The number of thioether (sulfide) groups is 1. The van der Waals surface area contributed by atoms with E-state index in [1.807, 2.05) is 11.8 Å². The Balaban J connectivity index is 2.40. The molecule has 0 aliphatic carbocycles. The Morgan fingerprint density at radius 1 is 1.53 bits per heavy atom. The smallest absolute Gasteiger partial charge is 0.325 e. The molecule has 5 heteroatoms. The summed E-state index contributed by atoms with van der Waals surface area (Å²) in [7, 11) is 1.43. The van der Waals surface area contributed by atoms with Crippen LogP contribution in [0.25, 0.3) is 0 Å². The van der Waals surface area contributed by atoms with Crippen LogP contribution in [-0.4, -0.2) is 60.8 Å². The van der Waals surface area contributed by atoms with E-state index in [1.54, 1.807) is 0 Å². The van der Waals surface area contributed by atoms with Crippen LogP contribution < -0.4 is 0 Å². The molecule has 1 aliphatic heterocycles. The van der Waals surface area contributed by atoms with Crippen LogP contribution in [-0.2, 0) is 14.3 Å². The molecule has 4 nitrogen and oxygen atoms in total. The molecule has 1 heterocycles. The lowest BCUT2D eigenvalue weighted by molar-refractivity contribution is -0.153. The van der Waals surface area contributed by atoms with Crippen molar-refractivity contribution in [1.29, 1.82) is 0 Å². The summed E-state index contributed by atoms with van der Waals surface area (Å²) in [5.74, 6) is 0.835. The second kappa shape index (κ2) is 6.61. The molecule has 0 saturated carbocycles. The minimum absolute atomic E-state index is 0.189. The fourth-order valence-corrected chi connectivity index (χ4v) is 2.67. The van der Waals surface area contributed by atoms with Crippen LogP contribution >= 0.6 is 11.8 Å². The molecule has 0 aromatic rings. The molecule has 0 aromatic carbocycles. The monoisotopic (exact) mass is 261 g/mol. The maximum absolute atomic E-state index is 11.6. The minimum Gasteiger partial charge on any atom is -0.468 e. The third-order valence-electron chi connectivity index (χ3n) is 2.63. The minimum atomic E-state index is -0.227. The summed E-state index contributed by atoms with van der Waals surface area (Å²) < 4.78 is 10.4. The van der Waals surface area contributed by atoms with Gasteiger partial charge in [0.1, 0.15) is 6.04 Å². The number of hydrogen-bond donors (Lipinski definition) is 0. The van der Waals surface area contributed by atoms with Gasteiger partial charge in [0, 0.05) is 23.6 Å². The van der Waals surface area contributed by atoms with Crippen molar-refractivity contribution in [3.05, 3.63) is 0 Å². The Hall–Kier alpha value is -0.260. The van der Waals surface area contributed by atoms with Crippen molar-refractivity contribution in [3.8, 4) is 0 Å². The lowest BCUT2D eigenvalue weighted by atomic mass is 10.2. The molecule has 1 aliphatic rings. The summed E-state index contributed by atoms with van der Waals surface area (Å²) in [6.07, 6.45) is 0. The van der Waals surface area contributed by atoms with Gasteiger partial charge in [0.15, 0.2) is 0 Å². The molecular weight excluding hydrogens is 238 g/mol. The number of ether oxygens (including phenoxy) is 2. The fourth-order valence-electron chi connectivity index (χ4n) is 1.73. The van der Waals surface area contributed by atoms with E-state index in [0.717, 1.165) is 18.8 Å². The molecule has 1 saturated heterocycles. The highest BCUT2D eigenvalue weighted by Crippen LogP contribution is 2.23. The Morgan fingerprint density at radius 3 is 2.82 bits per heavy atom. The van der Waals surface area contributed by atoms with Gasteiger partial charge in [-0.3, -0.25) is 9.69 Å². The third kappa shape index (κ3) is 5.27. The topological polar surface area (TPSA) is 38.8 Å². The molecular formula is C12H23NO3S. The fraction of sp³-hybridized carbons (Fsp3) is 0.917. The van der Waals surface area contributed by atoms with Crippen LogP contribution in [0.1, 0.15) is 20.8 Å². The van der Waals surface area contributed by atoms with E-state index in [0.29, 0.717) is 13.2 Å². The van der Waals surface area contributed by atoms with Crippen LogP contribution in [0.4, 0.5) is 0 Å². The normalized spacial score (nSPS) is 22.5. The third-order valence-corrected chi connectivity index (χ3v) is 3.88. The quantitative estimate of drug-likeness (QED) is 0.715. The first-order chi connectivity index (χ1) is 7.94. The standard InChI is InChI=1S/C12H23NO3S/c1-12(2,3)17-8-6-13-5-7-16-9-10(13)11(14)15-4/h10H,5-9H2,1-4H3/t10-/m1/s1. The van der Waals surface area contributed by atoms with Crippen molar-refractivity contribution >= 4 is 17.7 Å². The number of morpholine rings is 1. The van der Waals surface area contributed by atoms with Gasteiger partial charge in [-0.25, -0.2) is 0 Å². The second-order valence-corrected chi connectivity index (χ2v) is 7.03. The first-order valence-electron chi connectivity index (χ1n) is 5.97. The maximum atomic E-state index is 11.6. The van der Waals surface area contributed by atoms with E-state index in [-0.39, 0.29) is 16.8 Å². The lowest BCUT2D eigenvalue weighted by Gasteiger charge is -2.34. The maximum Gasteiger partial charge on any atom is 0.325 e. The molecule has 100 valence electrons. The molecule has 0 amide bonds. The molecule has 0 aromatic heterocycles. The number of carbonyl (C=O) groups excluding carboxylic acids is 1. The van der Waals surface area contributed by atoms with Crippen LogP contribution in [0.3, 0.4) is 0 Å². The number of hydrogen-bond acceptors (Lipinski definition) is 5. The highest BCUT2D eigenvalue weighted by molar-refractivity contribution is 8.00. The van der Waals surface area contributed by atoms with E-state index in [2.05, 4.69) is 25.7 Å². The molecule has 0 radical (unpaired) electrons. The van der Waals surface area contributed by atoms with Gasteiger partial charge in [-0.2, -0.15) is 11.8 Å². The van der Waals surface area contributed by atoms with E-state index >= 15 is 0 Å². The van der Waals surface area contributed by atoms with E-state index < -0.39 is 0 Å². The molecule has 1 fully saturated rings. The van der Waals surface area contributed by atoms with Gasteiger partial charge >= 0.3 is 5.97 Å². The van der Waals surface area contributed by atoms with Crippen LogP contribution in [0.5, 0.6) is 0 Å². The number of esters is 1. The predicted molar refractivity (Wildman–Crippen MR) is 70.4 cm³/mol. The zero-order valence-corrected chi connectivity index (χ0v) is 12.0. The van der Waals surface area contributed by atoms with E-state index in [9.17, 15) is 4.79 Å². The van der Waals surface area contributed by atoms with Crippen molar-refractivity contribution in [3.63, 3.8) is 0 Å². The summed E-state index contributed by atoms with van der Waals surface area (Å²) in [5, 5.41) is 0. The van der Waals surface area contributed by atoms with Gasteiger partial charge in [0.05, 0.1) is 20.3 Å². The molecule has 1 rings (SSSR count). The molecule has 0 N–H and O–H groups in total. The summed E-state index contributed by atoms with van der Waals surface area (Å²) in [6, 6.07) is -0.227. The van der Waals surface area contributed by atoms with Gasteiger partial charge in [0.25, 0.3) is 0 Å². The average Bonchev–Trinajstić information content (AvgIpc) is 2.27. The molecule has 0 bridgehead atoms. The molecule has 1 atom stereocenters. The number of rotatable bonds is 4. The second-order valence-electron chi connectivity index (χ2n) is 5.11. The number of carbonyl (C=O) groups is 1. The summed E-state index contributed by atoms with van der Waals surface area (Å²) >= 11 is 1.91. The lowest BCUT2D eigenvalue weighted by Crippen LogP contribution is -2.51. The van der Waals surface area contributed by atoms with Crippen LogP contribution in [0.2, 0.25) is 0 Å². The zero-order chi connectivity index (χ0) is 12.9. The number of methoxy groups -OCH3 is 1. The molecule has 0 unspecified atom stereocenters. The van der Waals surface area contributed by atoms with Gasteiger partial charge < -0.3 is 9.47 Å². The Labute approximate surface area is 108 Å². The van der Waals surface area contributed by atoms with E-state index in [4.69, 9.17) is 9.47 Å². The Morgan fingerprint density at radius 2 is 2.24 bits per heavy atom. The van der Waals surface area contributed by atoms with Crippen molar-refractivity contribution in [2.75, 3.05) is 39.2 Å². The Kier molecular flexibility index (Phi) is 5.76. The van der Waals surface area contributed by atoms with Crippen molar-refractivity contribution in [2.24, 2.45) is 0 Å². The highest BCUT2D eigenvalue weighted by atomic mass is 32.2. The first-order valence-corrected chi connectivity index (χ1v) is 6.96. The van der Waals surface area contributed by atoms with E-state index in [1.165, 1.54) is 7.11 Å². The van der Waals surface area contributed by atoms with Crippen LogP contribution in [0.15, 0.2) is 0 Å². The van der Waals surface area contributed by atoms with Crippen molar-refractivity contribution in [2.45, 2.75) is 31.6 Å². The van der Waals surface area contributed by atoms with Crippen molar-refractivity contribution in [1.82, 2.24) is 4.90 Å². The average molecular weight is 261 g/mol. The molecule has 0 spiro atoms. The SMILES string of the molecule is COC(=O)[C@H]1COCCN1CCSC(C)(C)C. The van der Waals surface area contributed by atoms with Crippen molar-refractivity contribution < 1.29 is 14.3 Å². The van der Waals surface area contributed by atoms with Gasteiger partial charge in [-0.1, -0.05) is 20.8 Å².